The molecule has 0 heterocycles. The van der Waals surface area contributed by atoms with Gasteiger partial charge in [-0.25, -0.2) is 0 Å². The first-order valence-corrected chi connectivity index (χ1v) is 17.3. The van der Waals surface area contributed by atoms with E-state index in [9.17, 15) is 19.8 Å². The number of carbonyl (C=O) groups is 2. The summed E-state index contributed by atoms with van der Waals surface area (Å²) in [6.07, 6.45) is 36.6. The SMILES string of the molecule is CC[C@@H](O)/C=C/C=C\C/C=C\C/C=C\C/C=C\CCCC(=O)O[C@@H](CO)COC(=O)CCCCCCCCCCCC(C)C. The van der Waals surface area contributed by atoms with E-state index in [0.29, 0.717) is 12.8 Å². The molecule has 0 saturated carbocycles. The van der Waals surface area contributed by atoms with E-state index in [0.717, 1.165) is 57.3 Å². The number of hydrogen-bond acceptors (Lipinski definition) is 6. The van der Waals surface area contributed by atoms with Gasteiger partial charge in [0.15, 0.2) is 6.10 Å². The van der Waals surface area contributed by atoms with E-state index in [1.165, 1.54) is 44.9 Å². The van der Waals surface area contributed by atoms with Gasteiger partial charge in [0, 0.05) is 12.8 Å². The predicted molar refractivity (Wildman–Crippen MR) is 183 cm³/mol. The lowest BCUT2D eigenvalue weighted by Crippen LogP contribution is -2.28. The smallest absolute Gasteiger partial charge is 0.306 e. The van der Waals surface area contributed by atoms with Crippen molar-refractivity contribution in [2.24, 2.45) is 5.92 Å². The lowest BCUT2D eigenvalue weighted by molar-refractivity contribution is -0.161. The summed E-state index contributed by atoms with van der Waals surface area (Å²) < 4.78 is 10.5. The fourth-order valence-electron chi connectivity index (χ4n) is 4.37. The summed E-state index contributed by atoms with van der Waals surface area (Å²) in [4.78, 5) is 24.1. The average molecular weight is 617 g/mol. The van der Waals surface area contributed by atoms with Crippen LogP contribution in [0.15, 0.2) is 60.8 Å². The van der Waals surface area contributed by atoms with Crippen LogP contribution in [0.2, 0.25) is 0 Å². The minimum absolute atomic E-state index is 0.0998. The molecule has 0 saturated heterocycles. The number of hydrogen-bond donors (Lipinski definition) is 2. The first kappa shape index (κ1) is 41.6. The summed E-state index contributed by atoms with van der Waals surface area (Å²) in [6.45, 7) is 6.05. The fraction of sp³-hybridized carbons (Fsp3) is 0.684. The van der Waals surface area contributed by atoms with E-state index in [1.54, 1.807) is 6.08 Å². The highest BCUT2D eigenvalue weighted by atomic mass is 16.6. The third-order valence-corrected chi connectivity index (χ3v) is 7.16. The molecule has 0 amide bonds. The lowest BCUT2D eigenvalue weighted by atomic mass is 10.0. The van der Waals surface area contributed by atoms with Gasteiger partial charge in [-0.1, -0.05) is 139 Å². The molecular formula is C38H64O6. The molecular weight excluding hydrogens is 552 g/mol. The summed E-state index contributed by atoms with van der Waals surface area (Å²) in [7, 11) is 0. The number of ether oxygens (including phenoxy) is 2. The van der Waals surface area contributed by atoms with Crippen molar-refractivity contribution in [1.82, 2.24) is 0 Å². The van der Waals surface area contributed by atoms with Crippen molar-refractivity contribution in [1.29, 1.82) is 0 Å². The normalized spacial score (nSPS) is 13.8. The van der Waals surface area contributed by atoms with Crippen molar-refractivity contribution in [3.8, 4) is 0 Å². The number of unbranched alkanes of at least 4 members (excludes halogenated alkanes) is 9. The number of allylic oxidation sites excluding steroid dienone is 9. The van der Waals surface area contributed by atoms with Crippen LogP contribution >= 0.6 is 0 Å². The van der Waals surface area contributed by atoms with E-state index in [-0.39, 0.29) is 37.7 Å². The zero-order valence-electron chi connectivity index (χ0n) is 28.2. The topological polar surface area (TPSA) is 93.1 Å². The van der Waals surface area contributed by atoms with Gasteiger partial charge in [-0.05, 0) is 50.9 Å². The third kappa shape index (κ3) is 31.0. The minimum Gasteiger partial charge on any atom is -0.462 e. The monoisotopic (exact) mass is 616 g/mol. The first-order chi connectivity index (χ1) is 21.4. The van der Waals surface area contributed by atoms with E-state index in [4.69, 9.17) is 9.47 Å². The maximum Gasteiger partial charge on any atom is 0.306 e. The van der Waals surface area contributed by atoms with Gasteiger partial charge in [0.25, 0.3) is 0 Å². The highest BCUT2D eigenvalue weighted by Gasteiger charge is 2.15. The summed E-state index contributed by atoms with van der Waals surface area (Å²) in [5.41, 5.74) is 0. The molecule has 0 aliphatic heterocycles. The molecule has 0 aliphatic rings. The molecule has 0 unspecified atom stereocenters. The summed E-state index contributed by atoms with van der Waals surface area (Å²) in [6, 6.07) is 0. The molecule has 2 N–H and O–H groups in total. The molecule has 44 heavy (non-hydrogen) atoms. The van der Waals surface area contributed by atoms with Crippen molar-refractivity contribution in [2.45, 2.75) is 149 Å². The molecule has 0 spiro atoms. The van der Waals surface area contributed by atoms with Crippen LogP contribution in [-0.2, 0) is 19.1 Å². The van der Waals surface area contributed by atoms with Crippen LogP contribution in [0.25, 0.3) is 0 Å². The van der Waals surface area contributed by atoms with Crippen LogP contribution in [0.3, 0.4) is 0 Å². The number of esters is 2. The van der Waals surface area contributed by atoms with Crippen LogP contribution in [0.5, 0.6) is 0 Å². The van der Waals surface area contributed by atoms with Gasteiger partial charge in [-0.3, -0.25) is 9.59 Å². The number of carbonyl (C=O) groups excluding carboxylic acids is 2. The molecule has 2 atom stereocenters. The van der Waals surface area contributed by atoms with Gasteiger partial charge in [-0.2, -0.15) is 0 Å². The maximum atomic E-state index is 12.1. The van der Waals surface area contributed by atoms with Crippen molar-refractivity contribution in [2.75, 3.05) is 13.2 Å². The summed E-state index contributed by atoms with van der Waals surface area (Å²) in [5.74, 6) is 0.123. The lowest BCUT2D eigenvalue weighted by Gasteiger charge is -2.15. The van der Waals surface area contributed by atoms with Gasteiger partial charge < -0.3 is 19.7 Å². The molecule has 0 aliphatic carbocycles. The van der Waals surface area contributed by atoms with Crippen molar-refractivity contribution < 1.29 is 29.3 Å². The van der Waals surface area contributed by atoms with E-state index >= 15 is 0 Å². The molecule has 0 radical (unpaired) electrons. The van der Waals surface area contributed by atoms with Gasteiger partial charge in [-0.15, -0.1) is 0 Å². The van der Waals surface area contributed by atoms with Gasteiger partial charge in [0.2, 0.25) is 0 Å². The highest BCUT2D eigenvalue weighted by Crippen LogP contribution is 2.14. The first-order valence-electron chi connectivity index (χ1n) is 17.3. The zero-order valence-corrected chi connectivity index (χ0v) is 28.2. The molecule has 252 valence electrons. The molecule has 6 nitrogen and oxygen atoms in total. The van der Waals surface area contributed by atoms with Crippen LogP contribution in [0.1, 0.15) is 136 Å². The van der Waals surface area contributed by atoms with E-state index < -0.39 is 6.10 Å². The number of aliphatic hydroxyl groups is 2. The highest BCUT2D eigenvalue weighted by molar-refractivity contribution is 5.70. The molecule has 0 aromatic rings. The standard InChI is InChI=1S/C38H64O6/c1-4-35(40)29-25-21-17-13-9-7-5-6-8-10-14-19-23-27-31-38(42)44-36(32-39)33-43-37(41)30-26-22-18-15-11-12-16-20-24-28-34(2)3/h6-9,14,17,19,21,25,29,34-36,39-40H,4-5,10-13,15-16,18,20,22-24,26-28,30-33H2,1-3H3/b8-6-,9-7-,19-14-,21-17-,29-25+/t35-,36+/m1/s1. The second-order valence-electron chi connectivity index (χ2n) is 11.9. The number of aliphatic hydroxyl groups excluding tert-OH is 2. The van der Waals surface area contributed by atoms with Crippen molar-refractivity contribution >= 4 is 11.9 Å². The Kier molecular flexibility index (Phi) is 30.2. The van der Waals surface area contributed by atoms with Gasteiger partial charge in [0.1, 0.15) is 6.61 Å². The second kappa shape index (κ2) is 32.0. The zero-order chi connectivity index (χ0) is 32.5. The molecule has 6 heteroatoms. The number of rotatable bonds is 29. The molecule has 0 fully saturated rings. The molecule has 0 rings (SSSR count). The Balaban J connectivity index is 3.75. The quantitative estimate of drug-likeness (QED) is 0.0377. The average Bonchev–Trinajstić information content (AvgIpc) is 3.01. The Morgan fingerprint density at radius 1 is 0.682 bits per heavy atom. The predicted octanol–water partition coefficient (Wildman–Crippen LogP) is 9.27. The Morgan fingerprint density at radius 3 is 1.82 bits per heavy atom. The summed E-state index contributed by atoms with van der Waals surface area (Å²) >= 11 is 0. The fourth-order valence-corrected chi connectivity index (χ4v) is 4.37. The summed E-state index contributed by atoms with van der Waals surface area (Å²) in [5, 5.41) is 18.9. The maximum absolute atomic E-state index is 12.1. The Hall–Kier alpha value is -2.44. The van der Waals surface area contributed by atoms with Crippen LogP contribution in [0, 0.1) is 5.92 Å². The minimum atomic E-state index is -0.811. The Labute approximate surface area is 269 Å². The third-order valence-electron chi connectivity index (χ3n) is 7.16. The molecule has 0 bridgehead atoms. The van der Waals surface area contributed by atoms with Crippen LogP contribution in [-0.4, -0.2) is 47.6 Å². The van der Waals surface area contributed by atoms with Crippen LogP contribution in [0.4, 0.5) is 0 Å². The molecule has 0 aromatic heterocycles. The van der Waals surface area contributed by atoms with E-state index in [2.05, 4.69) is 56.4 Å². The van der Waals surface area contributed by atoms with Crippen molar-refractivity contribution in [3.63, 3.8) is 0 Å². The van der Waals surface area contributed by atoms with Gasteiger partial charge in [0.05, 0.1) is 12.7 Å². The van der Waals surface area contributed by atoms with E-state index in [1.807, 2.05) is 19.1 Å². The van der Waals surface area contributed by atoms with Crippen molar-refractivity contribution in [3.05, 3.63) is 60.8 Å². The molecule has 0 aromatic carbocycles. The van der Waals surface area contributed by atoms with Crippen LogP contribution < -0.4 is 0 Å². The van der Waals surface area contributed by atoms with Gasteiger partial charge >= 0.3 is 11.9 Å². The largest absolute Gasteiger partial charge is 0.462 e. The Morgan fingerprint density at radius 2 is 1.23 bits per heavy atom. The second-order valence-corrected chi connectivity index (χ2v) is 11.9. The Bertz CT molecular complexity index is 823.